The van der Waals surface area contributed by atoms with E-state index >= 15 is 0 Å². The first-order chi connectivity index (χ1) is 34.9. The highest BCUT2D eigenvalue weighted by Crippen LogP contribution is 2.42. The molecule has 0 saturated carbocycles. The lowest BCUT2D eigenvalue weighted by Crippen LogP contribution is -2.50. The number of hydrogen-bond acceptors (Lipinski definition) is 18. The maximum Gasteiger partial charge on any atom is 0.281 e. The van der Waals surface area contributed by atoms with Crippen molar-refractivity contribution in [3.8, 4) is 0 Å². The molecule has 15 N–H and O–H groups in total. The summed E-state index contributed by atoms with van der Waals surface area (Å²) in [5, 5.41) is 112. The van der Waals surface area contributed by atoms with Gasteiger partial charge in [0.15, 0.2) is 0 Å². The fraction of sp³-hybridized carbons (Fsp3) is 0.304. The summed E-state index contributed by atoms with van der Waals surface area (Å²) in [5.41, 5.74) is -0.422. The maximum absolute atomic E-state index is 13.7. The Morgan fingerprint density at radius 3 is 1.39 bits per heavy atom. The second kappa shape index (κ2) is 25.9. The van der Waals surface area contributed by atoms with E-state index in [-0.39, 0.29) is 52.7 Å². The van der Waals surface area contributed by atoms with E-state index < -0.39 is 140 Å². The first kappa shape index (κ1) is 58.8. The van der Waals surface area contributed by atoms with Gasteiger partial charge in [0.25, 0.3) is 35.4 Å². The third-order valence-corrected chi connectivity index (χ3v) is 13.5. The normalized spacial score (nSPS) is 15.4. The van der Waals surface area contributed by atoms with Gasteiger partial charge in [-0.3, -0.25) is 38.4 Å². The van der Waals surface area contributed by atoms with Crippen molar-refractivity contribution in [1.29, 1.82) is 0 Å². The minimum absolute atomic E-state index is 0.0259. The van der Waals surface area contributed by atoms with Gasteiger partial charge in [0.05, 0.1) is 74.5 Å². The Morgan fingerprint density at radius 2 is 0.959 bits per heavy atom. The average molecular weight is 1230 g/mol. The number of nitrogens with one attached hydrogen (secondary N) is 5. The molecule has 0 radical (unpaired) electrons. The second-order valence-corrected chi connectivity index (χ2v) is 18.6. The lowest BCUT2D eigenvalue weighted by molar-refractivity contribution is -0.118. The van der Waals surface area contributed by atoms with E-state index in [9.17, 15) is 79.2 Å². The highest BCUT2D eigenvalue weighted by molar-refractivity contribution is 9.11. The van der Waals surface area contributed by atoms with Gasteiger partial charge in [-0.05, 0) is 108 Å². The third-order valence-electron chi connectivity index (χ3n) is 11.1. The summed E-state index contributed by atoms with van der Waals surface area (Å²) in [6, 6.07) is 17.0. The summed E-state index contributed by atoms with van der Waals surface area (Å²) >= 11 is 9.58. The van der Waals surface area contributed by atoms with Gasteiger partial charge >= 0.3 is 0 Å². The number of hydrazine groups is 1. The molecule has 0 aromatic heterocycles. The molecule has 8 unspecified atom stereocenters. The Balaban J connectivity index is 1.27. The zero-order chi connectivity index (χ0) is 54.9. The number of benzene rings is 4. The number of anilines is 3. The Morgan fingerprint density at radius 1 is 0.541 bits per heavy atom. The molecule has 0 saturated heterocycles. The summed E-state index contributed by atoms with van der Waals surface area (Å²) in [5.74, 6) is -6.54. The number of aliphatic hydroxyl groups is 10. The van der Waals surface area contributed by atoms with E-state index in [1.165, 1.54) is 67.6 Å². The van der Waals surface area contributed by atoms with Gasteiger partial charge in [0.2, 0.25) is 11.8 Å². The lowest BCUT2D eigenvalue weighted by atomic mass is 10.0. The quantitative estimate of drug-likeness (QED) is 0.0398. The van der Waals surface area contributed by atoms with Crippen LogP contribution in [0.2, 0.25) is 0 Å². The molecule has 1 aliphatic rings. The first-order valence-electron chi connectivity index (χ1n) is 21.8. The van der Waals surface area contributed by atoms with E-state index in [4.69, 9.17) is 10.2 Å². The summed E-state index contributed by atoms with van der Waals surface area (Å²) in [7, 11) is 0. The van der Waals surface area contributed by atoms with Gasteiger partial charge in [0.1, 0.15) is 36.6 Å². The number of imide groups is 1. The van der Waals surface area contributed by atoms with Crippen LogP contribution < -0.4 is 31.6 Å². The van der Waals surface area contributed by atoms with Crippen molar-refractivity contribution in [2.24, 2.45) is 0 Å². The molecule has 0 fully saturated rings. The van der Waals surface area contributed by atoms with Crippen LogP contribution in [0.3, 0.4) is 0 Å². The monoisotopic (exact) mass is 1220 g/mol. The number of fused-ring (bicyclic) bond motifs is 1. The molecule has 74 heavy (non-hydrogen) atoms. The molecule has 0 aliphatic carbocycles. The van der Waals surface area contributed by atoms with Crippen molar-refractivity contribution in [2.45, 2.75) is 55.8 Å². The van der Waals surface area contributed by atoms with Gasteiger partial charge in [-0.1, -0.05) is 12.1 Å². The van der Waals surface area contributed by atoms with Crippen molar-refractivity contribution in [3.05, 3.63) is 120 Å². The van der Waals surface area contributed by atoms with Gasteiger partial charge in [-0.25, -0.2) is 5.01 Å². The maximum atomic E-state index is 13.7. The predicted octanol–water partition coefficient (Wildman–Crippen LogP) is -1.51. The van der Waals surface area contributed by atoms with Crippen molar-refractivity contribution < 1.29 is 89.4 Å². The molecule has 4 aromatic rings. The van der Waals surface area contributed by atoms with Crippen LogP contribution in [-0.2, 0) is 9.59 Å². The second-order valence-electron chi connectivity index (χ2n) is 16.2. The van der Waals surface area contributed by atoms with E-state index in [1.807, 2.05) is 0 Å². The molecule has 1 heterocycles. The molecule has 8 atom stereocenters. The number of hydrogen-bond donors (Lipinski definition) is 15. The fourth-order valence-corrected chi connectivity index (χ4v) is 9.92. The Labute approximate surface area is 444 Å². The molecule has 1 aliphatic heterocycles. The average Bonchev–Trinajstić information content (AvgIpc) is 3.63. The minimum Gasteiger partial charge on any atom is -0.394 e. The minimum atomic E-state index is -2.08. The lowest BCUT2D eigenvalue weighted by Gasteiger charge is -2.28. The van der Waals surface area contributed by atoms with E-state index in [0.717, 1.165) is 10.0 Å². The van der Waals surface area contributed by atoms with Gasteiger partial charge in [-0.2, -0.15) is 5.01 Å². The SMILES string of the molecule is CC(=O)N(c1ccc(C(=O)Nc2ccc(C(=O)NCC(=O)Nc3c(Br)c(C(=O)NCC(O)C(O)C(O)C(O)CO)c(Br)c(C(=O)NCC(O)C(O)C(O)C(O)CO)c3Br)cc2)cc1)N1C(=O)c2ccccc2C1=O. The van der Waals surface area contributed by atoms with Crippen molar-refractivity contribution in [1.82, 2.24) is 21.0 Å². The molecular weight excluding hydrogens is 1180 g/mol. The zero-order valence-electron chi connectivity index (χ0n) is 38.3. The Bertz CT molecular complexity index is 2680. The van der Waals surface area contributed by atoms with Crippen LogP contribution >= 0.6 is 47.8 Å². The molecule has 0 spiro atoms. The van der Waals surface area contributed by atoms with Crippen LogP contribution in [0.15, 0.2) is 86.2 Å². The molecule has 25 nitrogen and oxygen atoms in total. The van der Waals surface area contributed by atoms with Crippen LogP contribution in [0.5, 0.6) is 0 Å². The number of aliphatic hydroxyl groups excluding tert-OH is 10. The van der Waals surface area contributed by atoms with Crippen LogP contribution in [-0.4, -0.2) is 185 Å². The van der Waals surface area contributed by atoms with Gasteiger partial charge < -0.3 is 77.6 Å². The summed E-state index contributed by atoms with van der Waals surface area (Å²) < 4.78 is -0.745. The van der Waals surface area contributed by atoms with Crippen LogP contribution in [0.1, 0.15) is 69.1 Å². The Hall–Kier alpha value is -6.12. The zero-order valence-corrected chi connectivity index (χ0v) is 43.1. The number of halogens is 3. The molecule has 396 valence electrons. The summed E-state index contributed by atoms with van der Waals surface area (Å²) in [6.45, 7) is -3.09. The third kappa shape index (κ3) is 13.4. The Kier molecular flexibility index (Phi) is 20.6. The van der Waals surface area contributed by atoms with E-state index in [2.05, 4.69) is 74.4 Å². The highest BCUT2D eigenvalue weighted by Gasteiger charge is 2.41. The molecule has 5 rings (SSSR count). The first-order valence-corrected chi connectivity index (χ1v) is 24.1. The summed E-state index contributed by atoms with van der Waals surface area (Å²) in [6.07, 6.45) is -15.8. The molecule has 28 heteroatoms. The van der Waals surface area contributed by atoms with E-state index in [0.29, 0.717) is 0 Å². The van der Waals surface area contributed by atoms with Crippen LogP contribution in [0.25, 0.3) is 0 Å². The number of rotatable bonds is 22. The van der Waals surface area contributed by atoms with Crippen LogP contribution in [0.4, 0.5) is 17.1 Å². The smallest absolute Gasteiger partial charge is 0.281 e. The number of carbonyl (C=O) groups excluding carboxylic acids is 8. The van der Waals surface area contributed by atoms with Crippen LogP contribution in [0, 0.1) is 0 Å². The van der Waals surface area contributed by atoms with E-state index in [1.54, 1.807) is 12.1 Å². The van der Waals surface area contributed by atoms with Crippen molar-refractivity contribution >= 4 is 112 Å². The molecule has 8 amide bonds. The standard InChI is InChI=1S/C46H48Br3N7O18/c1-19(59)55(56-45(73)24-4-2-3-5-25(24)46(56)74)23-12-8-21(9-13-23)42(70)53-22-10-6-20(7-11-22)41(69)52-16-30(64)54-36-34(48)31(43(71)50-14-26(60)37(65)39(67)28(62)17-57)33(47)32(35(36)49)44(72)51-15-27(61)38(66)40(68)29(63)18-58/h2-13,26-29,37-40,57-58,60-63,65-68H,14-18H2,1H3,(H,50,71)(H,51,72)(H,52,69)(H,53,70)(H,54,64). The highest BCUT2D eigenvalue weighted by atomic mass is 79.9. The predicted molar refractivity (Wildman–Crippen MR) is 268 cm³/mol. The number of carbonyl (C=O) groups is 8. The van der Waals surface area contributed by atoms with Gasteiger partial charge in [0, 0.05) is 41.3 Å². The van der Waals surface area contributed by atoms with Crippen molar-refractivity contribution in [3.63, 3.8) is 0 Å². The fourth-order valence-electron chi connectivity index (χ4n) is 7.02. The number of amides is 8. The molecular formula is C46H48Br3N7O18. The van der Waals surface area contributed by atoms with Gasteiger partial charge in [-0.15, -0.1) is 0 Å². The van der Waals surface area contributed by atoms with Crippen molar-refractivity contribution in [2.75, 3.05) is 48.5 Å². The largest absolute Gasteiger partial charge is 0.394 e. The number of nitrogens with zero attached hydrogens (tertiary/aromatic N) is 2. The summed E-state index contributed by atoms with van der Waals surface area (Å²) in [4.78, 5) is 106. The molecule has 4 aromatic carbocycles. The topological polar surface area (TPSA) is 405 Å². The molecule has 0 bridgehead atoms.